The first-order valence-electron chi connectivity index (χ1n) is 42.5. The molecule has 15 nitrogen and oxygen atoms in total. The van der Waals surface area contributed by atoms with Gasteiger partial charge in [-0.3, -0.25) is 4.99 Å². The Bertz CT molecular complexity index is 4390. The molecule has 9 saturated carbocycles. The van der Waals surface area contributed by atoms with Gasteiger partial charge in [0.2, 0.25) is 17.9 Å². The van der Waals surface area contributed by atoms with Crippen LogP contribution in [0.4, 0.5) is 45.5 Å². The molecule has 8 bridgehead atoms. The summed E-state index contributed by atoms with van der Waals surface area (Å²) in [6.45, 7) is 25.9. The number of aliphatic imine (C=N–C) groups is 5. The van der Waals surface area contributed by atoms with Crippen LogP contribution in [0.2, 0.25) is 0 Å². The molecule has 9 fully saturated rings. The third-order valence-corrected chi connectivity index (χ3v) is 22.2. The first kappa shape index (κ1) is 83.0. The number of guanidine groups is 5. The predicted molar refractivity (Wildman–Crippen MR) is 488 cm³/mol. The van der Waals surface area contributed by atoms with Crippen LogP contribution in [0.1, 0.15) is 190 Å². The number of benzene rings is 9. The van der Waals surface area contributed by atoms with E-state index in [9.17, 15) is 0 Å². The van der Waals surface area contributed by atoms with Gasteiger partial charge in [-0.15, -0.1) is 0 Å². The van der Waals surface area contributed by atoms with Gasteiger partial charge in [-0.2, -0.15) is 0 Å². The van der Waals surface area contributed by atoms with Gasteiger partial charge in [0.05, 0.1) is 23.0 Å². The van der Waals surface area contributed by atoms with Crippen molar-refractivity contribution in [2.24, 2.45) is 60.5 Å². The summed E-state index contributed by atoms with van der Waals surface area (Å²) in [7, 11) is 0. The van der Waals surface area contributed by atoms with Gasteiger partial charge in [0.1, 0.15) is 0 Å². The van der Waals surface area contributed by atoms with Gasteiger partial charge in [-0.05, 0) is 305 Å². The van der Waals surface area contributed by atoms with E-state index in [-0.39, 0.29) is 16.6 Å². The van der Waals surface area contributed by atoms with E-state index < -0.39 is 0 Å². The molecule has 0 saturated heterocycles. The zero-order chi connectivity index (χ0) is 79.9. The zero-order valence-corrected chi connectivity index (χ0v) is 70.0. The van der Waals surface area contributed by atoms with Crippen molar-refractivity contribution in [3.05, 3.63) is 254 Å². The first-order valence-corrected chi connectivity index (χ1v) is 42.5. The van der Waals surface area contributed by atoms with Crippen molar-refractivity contribution in [3.8, 4) is 0 Å². The number of hydrogen-bond donors (Lipinski definition) is 10. The second-order valence-electron chi connectivity index (χ2n) is 36.0. The molecular weight excluding hydrogens is 1400 g/mol. The standard InChI is InChI=1S/C23H27N3.C23H19N3.C21H21N3.C17H31N3.C15H31N3/c1-3-7-20(8-4-1)24-22(25-21-9-5-2-6-10-21)26-23-14-17-11-18(15-23)13-19(12-17)16-23;1-3-12-19(13-4-1)24-23(25-20-14-5-2-6-15-20)26-22-17-9-11-18-10-7-8-16-21(18)22;1-16-8-12-19(13-9-16)23-21(22-18-6-4-3-5-7-18)24-20-14-10-17(2)11-15-20;1-11(2)18-16(19-12(3)4)20-17-8-13-5-14(9-17)7-15(6-13)10-17;1-14(2,3)17-13(18-15(4,5)6)16-12-10-8-7-9-11-12/h1-10,17-19H,11-16H2,(H2,24,25,26);1-17H,(H2,24,25,26);3-15H,1-2H3,(H2,22,23,24);11-15H,5-10H2,1-4H3,(H2,18,19,20);12H,7-11H2,1-6H3,(H2,16,17,18). The molecule has 9 aliphatic carbocycles. The maximum atomic E-state index is 5.35. The van der Waals surface area contributed by atoms with Crippen molar-refractivity contribution in [2.75, 3.05) is 31.9 Å². The van der Waals surface area contributed by atoms with Gasteiger partial charge >= 0.3 is 0 Å². The molecule has 9 aromatic carbocycles. The van der Waals surface area contributed by atoms with Crippen molar-refractivity contribution < 1.29 is 0 Å². The van der Waals surface area contributed by atoms with Gasteiger partial charge in [0.15, 0.2) is 11.9 Å². The highest BCUT2D eigenvalue weighted by Gasteiger charge is 2.52. The van der Waals surface area contributed by atoms with Gasteiger partial charge in [-0.1, -0.05) is 182 Å². The summed E-state index contributed by atoms with van der Waals surface area (Å²) in [5.41, 5.74) is 11.0. The fourth-order valence-corrected chi connectivity index (χ4v) is 18.3. The molecule has 9 aliphatic rings. The maximum absolute atomic E-state index is 5.35. The van der Waals surface area contributed by atoms with Crippen molar-refractivity contribution in [2.45, 2.75) is 233 Å². The van der Waals surface area contributed by atoms with Crippen molar-refractivity contribution >= 4 is 86.1 Å². The van der Waals surface area contributed by atoms with E-state index in [1.807, 2.05) is 152 Å². The van der Waals surface area contributed by atoms with Crippen LogP contribution in [-0.4, -0.2) is 70.1 Å². The van der Waals surface area contributed by atoms with Crippen LogP contribution >= 0.6 is 0 Å². The van der Waals surface area contributed by atoms with E-state index in [0.717, 1.165) is 104 Å². The largest absolute Gasteiger partial charge is 0.354 e. The fourth-order valence-electron chi connectivity index (χ4n) is 18.3. The Morgan fingerprint density at radius 3 is 1.15 bits per heavy atom. The van der Waals surface area contributed by atoms with E-state index in [4.69, 9.17) is 25.0 Å². The van der Waals surface area contributed by atoms with Crippen LogP contribution in [0.25, 0.3) is 10.8 Å². The van der Waals surface area contributed by atoms with Crippen LogP contribution in [0.5, 0.6) is 0 Å². The Kier molecular flexibility index (Phi) is 28.8. The third-order valence-electron chi connectivity index (χ3n) is 22.2. The minimum absolute atomic E-state index is 0.0474. The Balaban J connectivity index is 0.000000133. The Hall–Kier alpha value is -10.4. The fraction of sp³-hybridized carbons (Fsp3) is 0.424. The molecule has 0 unspecified atom stereocenters. The van der Waals surface area contributed by atoms with Crippen LogP contribution in [0.15, 0.2) is 268 Å². The second kappa shape index (κ2) is 39.6. The Morgan fingerprint density at radius 2 is 0.737 bits per heavy atom. The lowest BCUT2D eigenvalue weighted by Crippen LogP contribution is -2.62. The van der Waals surface area contributed by atoms with Crippen LogP contribution in [0.3, 0.4) is 0 Å². The number of rotatable bonds is 13. The highest BCUT2D eigenvalue weighted by atomic mass is 15.2. The number of hydrogen-bond acceptors (Lipinski definition) is 5. The molecule has 15 heteroatoms. The minimum Gasteiger partial charge on any atom is -0.354 e. The number of nitrogens with zero attached hydrogens (tertiary/aromatic N) is 5. The molecule has 18 rings (SSSR count). The number of fused-ring (bicyclic) bond motifs is 1. The van der Waals surface area contributed by atoms with E-state index in [1.54, 1.807) is 0 Å². The zero-order valence-electron chi connectivity index (χ0n) is 70.0. The molecule has 0 heterocycles. The average Bonchev–Trinajstić information content (AvgIpc) is 0.753. The molecule has 0 aliphatic heterocycles. The monoisotopic (exact) mass is 1530 g/mol. The van der Waals surface area contributed by atoms with Crippen LogP contribution < -0.4 is 53.2 Å². The summed E-state index contributed by atoms with van der Waals surface area (Å²) in [4.78, 5) is 24.6. The molecule has 0 radical (unpaired) electrons. The summed E-state index contributed by atoms with van der Waals surface area (Å²) < 4.78 is 0. The highest BCUT2D eigenvalue weighted by molar-refractivity contribution is 6.07. The van der Waals surface area contributed by atoms with E-state index in [1.165, 1.54) is 126 Å². The predicted octanol–water partition coefficient (Wildman–Crippen LogP) is 23.9. The van der Waals surface area contributed by atoms with E-state index >= 15 is 0 Å². The quantitative estimate of drug-likeness (QED) is 0.0394. The lowest BCUT2D eigenvalue weighted by Gasteiger charge is -2.57. The molecule has 0 atom stereocenters. The minimum atomic E-state index is 0.0474. The molecule has 0 spiro atoms. The molecule has 0 amide bonds. The second-order valence-corrected chi connectivity index (χ2v) is 36.0. The number of aryl methyl sites for hydroxylation is 2. The summed E-state index contributed by atoms with van der Waals surface area (Å²) >= 11 is 0. The summed E-state index contributed by atoms with van der Waals surface area (Å²) in [6.07, 6.45) is 23.3. The molecule has 10 N–H and O–H groups in total. The molecule has 600 valence electrons. The van der Waals surface area contributed by atoms with E-state index in [2.05, 4.69) is 227 Å². The summed E-state index contributed by atoms with van der Waals surface area (Å²) in [5, 5.41) is 37.2. The maximum Gasteiger partial charge on any atom is 0.205 e. The Morgan fingerprint density at radius 1 is 0.368 bits per heavy atom. The van der Waals surface area contributed by atoms with Crippen molar-refractivity contribution in [3.63, 3.8) is 0 Å². The lowest BCUT2D eigenvalue weighted by atomic mass is 9.53. The van der Waals surface area contributed by atoms with Gasteiger partial charge < -0.3 is 53.2 Å². The number of anilines is 6. The average molecular weight is 1530 g/mol. The smallest absolute Gasteiger partial charge is 0.205 e. The first-order chi connectivity index (χ1) is 54.9. The highest BCUT2D eigenvalue weighted by Crippen LogP contribution is 2.58. The van der Waals surface area contributed by atoms with Gasteiger partial charge in [0.25, 0.3) is 0 Å². The number of para-hydroxylation sites is 5. The van der Waals surface area contributed by atoms with Crippen LogP contribution in [-0.2, 0) is 0 Å². The summed E-state index contributed by atoms with van der Waals surface area (Å²) in [6, 6.07) is 83.0. The topological polar surface area (TPSA) is 182 Å². The third kappa shape index (κ3) is 26.6. The normalized spacial score (nSPS) is 21.7. The van der Waals surface area contributed by atoms with Crippen molar-refractivity contribution in [1.82, 2.24) is 21.3 Å². The van der Waals surface area contributed by atoms with Gasteiger partial charge in [-0.25, -0.2) is 20.0 Å². The lowest BCUT2D eigenvalue weighted by molar-refractivity contribution is -0.0106. The number of nitrogens with one attached hydrogen (secondary N) is 10. The van der Waals surface area contributed by atoms with Crippen molar-refractivity contribution in [1.29, 1.82) is 0 Å². The molecule has 114 heavy (non-hydrogen) atoms. The Labute approximate surface area is 682 Å². The van der Waals surface area contributed by atoms with Crippen LogP contribution in [0, 0.1) is 49.4 Å². The van der Waals surface area contributed by atoms with E-state index in [0.29, 0.717) is 35.6 Å². The molecular formula is C99H129N15. The van der Waals surface area contributed by atoms with Gasteiger partial charge in [0, 0.05) is 68.2 Å². The molecule has 9 aromatic rings. The summed E-state index contributed by atoms with van der Waals surface area (Å²) in [5.74, 6) is 9.91. The molecule has 0 aromatic heterocycles. The SMILES string of the molecule is CC(C)(C)NC(=NC1CCCCC1)NC(C)(C)C.CC(C)N=C(NC(C)C)NC12CC3CC(CC(C3)C1)C2.Cc1ccc(N=C(Nc2ccccc2)Nc2ccc(C)cc2)cc1.c1ccc(NC(=NC23CC4CC(CC(C4)C2)C3)Nc2ccccc2)cc1.c1ccc(NC(=Nc2cccc3ccccc23)Nc2ccccc2)cc1.